The molecule has 3 heteroatoms. The number of nitrogens with one attached hydrogen (secondary N) is 1. The van der Waals surface area contributed by atoms with Gasteiger partial charge in [0.15, 0.2) is 0 Å². The molecule has 1 fully saturated rings. The van der Waals surface area contributed by atoms with Crippen LogP contribution in [0.4, 0.5) is 0 Å². The van der Waals surface area contributed by atoms with Crippen LogP contribution in [0.15, 0.2) is 12.1 Å². The molecule has 106 valence electrons. The summed E-state index contributed by atoms with van der Waals surface area (Å²) in [6, 6.07) is 5.09. The summed E-state index contributed by atoms with van der Waals surface area (Å²) in [4.78, 5) is 0. The lowest BCUT2D eigenvalue weighted by molar-refractivity contribution is 0.103. The van der Waals surface area contributed by atoms with Gasteiger partial charge in [-0.3, -0.25) is 0 Å². The molecule has 0 heterocycles. The van der Waals surface area contributed by atoms with E-state index in [0.717, 1.165) is 35.9 Å². The minimum atomic E-state index is -0.380. The minimum Gasteiger partial charge on any atom is -0.490 e. The Morgan fingerprint density at radius 1 is 1.32 bits per heavy atom. The van der Waals surface area contributed by atoms with Gasteiger partial charge >= 0.3 is 0 Å². The number of rotatable bonds is 7. The third kappa shape index (κ3) is 4.22. The largest absolute Gasteiger partial charge is 0.490 e. The summed E-state index contributed by atoms with van der Waals surface area (Å²) in [6.45, 7) is 7.41. The molecule has 1 atom stereocenters. The topological polar surface area (TPSA) is 41.5 Å². The molecule has 2 N–H and O–H groups in total. The van der Waals surface area contributed by atoms with Crippen molar-refractivity contribution in [2.45, 2.75) is 58.7 Å². The Bertz CT molecular complexity index is 404. The Kier molecular flexibility index (Phi) is 4.83. The molecular weight excluding hydrogens is 238 g/mol. The summed E-state index contributed by atoms with van der Waals surface area (Å²) in [7, 11) is 0. The van der Waals surface area contributed by atoms with Crippen LogP contribution in [0.1, 0.15) is 42.9 Å². The fourth-order valence-electron chi connectivity index (χ4n) is 2.22. The predicted molar refractivity (Wildman–Crippen MR) is 77.6 cm³/mol. The van der Waals surface area contributed by atoms with Crippen molar-refractivity contribution in [2.24, 2.45) is 0 Å². The van der Waals surface area contributed by atoms with Crippen molar-refractivity contribution in [3.05, 3.63) is 28.8 Å². The zero-order valence-electron chi connectivity index (χ0n) is 12.2. The molecule has 3 nitrogen and oxygen atoms in total. The molecule has 0 aliphatic heterocycles. The third-order valence-electron chi connectivity index (χ3n) is 3.58. The molecule has 0 saturated heterocycles. The maximum atomic E-state index is 9.57. The number of ether oxygens (including phenoxy) is 1. The van der Waals surface area contributed by atoms with Crippen molar-refractivity contribution in [3.8, 4) is 5.75 Å². The first kappa shape index (κ1) is 14.4. The number of benzene rings is 1. The molecule has 0 spiro atoms. The summed E-state index contributed by atoms with van der Waals surface area (Å²) < 4.78 is 5.74. The zero-order valence-corrected chi connectivity index (χ0v) is 12.2. The van der Waals surface area contributed by atoms with Gasteiger partial charge in [-0.25, -0.2) is 0 Å². The molecular formula is C16H25NO2. The number of aliphatic hydroxyl groups is 1. The standard InChI is InChI=1S/C16H25NO2/c1-4-15(18)10-19-16-11(2)7-13(8-12(16)3)9-17-14-5-6-14/h7-8,14-15,17-18H,4-6,9-10H2,1-3H3. The van der Waals surface area contributed by atoms with Gasteiger partial charge in [-0.15, -0.1) is 0 Å². The van der Waals surface area contributed by atoms with Crippen LogP contribution in [0, 0.1) is 13.8 Å². The molecule has 1 aromatic rings. The van der Waals surface area contributed by atoms with Crippen LogP contribution >= 0.6 is 0 Å². The van der Waals surface area contributed by atoms with Gasteiger partial charge in [0.05, 0.1) is 6.10 Å². The number of aryl methyl sites for hydroxylation is 2. The number of hydrogen-bond donors (Lipinski definition) is 2. The lowest BCUT2D eigenvalue weighted by atomic mass is 10.1. The Hall–Kier alpha value is -1.06. The summed E-state index contributed by atoms with van der Waals surface area (Å²) in [6.07, 6.45) is 2.97. The second kappa shape index (κ2) is 6.40. The van der Waals surface area contributed by atoms with Crippen molar-refractivity contribution in [2.75, 3.05) is 6.61 Å². The summed E-state index contributed by atoms with van der Waals surface area (Å²) in [5.41, 5.74) is 3.61. The highest BCUT2D eigenvalue weighted by molar-refractivity contribution is 5.43. The van der Waals surface area contributed by atoms with Gasteiger partial charge in [0.2, 0.25) is 0 Å². The minimum absolute atomic E-state index is 0.373. The second-order valence-corrected chi connectivity index (χ2v) is 5.59. The van der Waals surface area contributed by atoms with E-state index in [-0.39, 0.29) is 6.10 Å². The van der Waals surface area contributed by atoms with Crippen LogP contribution in [0.5, 0.6) is 5.75 Å². The molecule has 2 rings (SSSR count). The monoisotopic (exact) mass is 263 g/mol. The lowest BCUT2D eigenvalue weighted by Gasteiger charge is -2.16. The molecule has 0 amide bonds. The molecule has 1 aliphatic rings. The lowest BCUT2D eigenvalue weighted by Crippen LogP contribution is -2.18. The quantitative estimate of drug-likeness (QED) is 0.795. The number of aliphatic hydroxyl groups excluding tert-OH is 1. The fourth-order valence-corrected chi connectivity index (χ4v) is 2.22. The molecule has 19 heavy (non-hydrogen) atoms. The second-order valence-electron chi connectivity index (χ2n) is 5.59. The normalized spacial score (nSPS) is 16.4. The van der Waals surface area contributed by atoms with E-state index in [1.165, 1.54) is 18.4 Å². The highest BCUT2D eigenvalue weighted by atomic mass is 16.5. The van der Waals surface area contributed by atoms with E-state index in [1.54, 1.807) is 0 Å². The van der Waals surface area contributed by atoms with Crippen LogP contribution < -0.4 is 10.1 Å². The fraction of sp³-hybridized carbons (Fsp3) is 0.625. The van der Waals surface area contributed by atoms with Gasteiger partial charge in [0.25, 0.3) is 0 Å². The van der Waals surface area contributed by atoms with Crippen LogP contribution in [0.2, 0.25) is 0 Å². The first-order valence-electron chi connectivity index (χ1n) is 7.24. The van der Waals surface area contributed by atoms with Crippen molar-refractivity contribution in [1.29, 1.82) is 0 Å². The van der Waals surface area contributed by atoms with Crippen LogP contribution in [-0.2, 0) is 6.54 Å². The van der Waals surface area contributed by atoms with Gasteiger partial charge in [-0.2, -0.15) is 0 Å². The van der Waals surface area contributed by atoms with E-state index in [4.69, 9.17) is 4.74 Å². The smallest absolute Gasteiger partial charge is 0.125 e. The van der Waals surface area contributed by atoms with E-state index >= 15 is 0 Å². The molecule has 0 radical (unpaired) electrons. The first-order chi connectivity index (χ1) is 9.10. The Morgan fingerprint density at radius 3 is 2.47 bits per heavy atom. The molecule has 1 aliphatic carbocycles. The highest BCUT2D eigenvalue weighted by Crippen LogP contribution is 2.26. The molecule has 1 aromatic carbocycles. The van der Waals surface area contributed by atoms with E-state index in [9.17, 15) is 5.11 Å². The molecule has 0 aromatic heterocycles. The van der Waals surface area contributed by atoms with E-state index in [0.29, 0.717) is 6.61 Å². The zero-order chi connectivity index (χ0) is 13.8. The van der Waals surface area contributed by atoms with Crippen molar-refractivity contribution in [3.63, 3.8) is 0 Å². The van der Waals surface area contributed by atoms with Gasteiger partial charge in [-0.1, -0.05) is 19.1 Å². The third-order valence-corrected chi connectivity index (χ3v) is 3.58. The first-order valence-corrected chi connectivity index (χ1v) is 7.24. The van der Waals surface area contributed by atoms with Crippen molar-refractivity contribution in [1.82, 2.24) is 5.32 Å². The van der Waals surface area contributed by atoms with Crippen LogP contribution in [0.25, 0.3) is 0 Å². The van der Waals surface area contributed by atoms with Crippen LogP contribution in [0.3, 0.4) is 0 Å². The van der Waals surface area contributed by atoms with Gasteiger partial charge in [0.1, 0.15) is 12.4 Å². The maximum Gasteiger partial charge on any atom is 0.125 e. The van der Waals surface area contributed by atoms with Crippen LogP contribution in [-0.4, -0.2) is 23.9 Å². The predicted octanol–water partition coefficient (Wildman–Crippen LogP) is 2.71. The maximum absolute atomic E-state index is 9.57. The van der Waals surface area contributed by atoms with E-state index in [1.807, 2.05) is 6.92 Å². The molecule has 1 unspecified atom stereocenters. The Balaban J connectivity index is 1.98. The van der Waals surface area contributed by atoms with Gasteiger partial charge in [0, 0.05) is 12.6 Å². The van der Waals surface area contributed by atoms with E-state index in [2.05, 4.69) is 31.3 Å². The van der Waals surface area contributed by atoms with Crippen molar-refractivity contribution < 1.29 is 9.84 Å². The Labute approximate surface area is 116 Å². The summed E-state index contributed by atoms with van der Waals surface area (Å²) >= 11 is 0. The summed E-state index contributed by atoms with van der Waals surface area (Å²) in [5.74, 6) is 0.919. The number of hydrogen-bond acceptors (Lipinski definition) is 3. The highest BCUT2D eigenvalue weighted by Gasteiger charge is 2.20. The van der Waals surface area contributed by atoms with Gasteiger partial charge in [-0.05, 0) is 49.8 Å². The Morgan fingerprint density at radius 2 is 1.95 bits per heavy atom. The SMILES string of the molecule is CCC(O)COc1c(C)cc(CNC2CC2)cc1C. The average molecular weight is 263 g/mol. The molecule has 1 saturated carbocycles. The van der Waals surface area contributed by atoms with Crippen molar-refractivity contribution >= 4 is 0 Å². The van der Waals surface area contributed by atoms with E-state index < -0.39 is 0 Å². The van der Waals surface area contributed by atoms with Gasteiger partial charge < -0.3 is 15.2 Å². The summed E-state index contributed by atoms with van der Waals surface area (Å²) in [5, 5.41) is 13.1. The average Bonchev–Trinajstić information content (AvgIpc) is 3.19. The molecule has 0 bridgehead atoms.